The molecule has 0 bridgehead atoms. The Balaban J connectivity index is 0.00000392. The van der Waals surface area contributed by atoms with E-state index in [2.05, 4.69) is 34.4 Å². The van der Waals surface area contributed by atoms with Gasteiger partial charge in [-0.3, -0.25) is 9.79 Å². The molecule has 1 aliphatic heterocycles. The zero-order valence-electron chi connectivity index (χ0n) is 18.3. The van der Waals surface area contributed by atoms with Gasteiger partial charge >= 0.3 is 0 Å². The van der Waals surface area contributed by atoms with Crippen molar-refractivity contribution in [2.24, 2.45) is 10.4 Å². The topological polar surface area (TPSA) is 63.2 Å². The quantitative estimate of drug-likeness (QED) is 0.310. The first-order valence-corrected chi connectivity index (χ1v) is 10.6. The van der Waals surface area contributed by atoms with E-state index < -0.39 is 0 Å². The van der Waals surface area contributed by atoms with Gasteiger partial charge in [-0.2, -0.15) is 0 Å². The molecule has 0 spiro atoms. The zero-order chi connectivity index (χ0) is 19.7. The van der Waals surface area contributed by atoms with Crippen LogP contribution in [0.25, 0.3) is 0 Å². The van der Waals surface area contributed by atoms with Crippen LogP contribution in [-0.2, 0) is 4.79 Å². The van der Waals surface area contributed by atoms with Crippen molar-refractivity contribution in [1.29, 1.82) is 0 Å². The van der Waals surface area contributed by atoms with Gasteiger partial charge in [0, 0.05) is 46.8 Å². The van der Waals surface area contributed by atoms with Crippen molar-refractivity contribution in [2.75, 3.05) is 73.5 Å². The van der Waals surface area contributed by atoms with Crippen LogP contribution in [-0.4, -0.2) is 100 Å². The standard InChI is InChI=1S/C20H40N6O.HI/c1-5-21-19(22-11-14-26-13-8-12-25(4)15-16-26)23-17-20(9-6-7-10-20)18(27)24(2)3;/h5-17H2,1-4H3,(H2,21,22,23);1H. The van der Waals surface area contributed by atoms with Gasteiger partial charge in [-0.05, 0) is 46.3 Å². The Hall–Kier alpha value is -0.610. The van der Waals surface area contributed by atoms with Crippen molar-refractivity contribution < 1.29 is 4.79 Å². The summed E-state index contributed by atoms with van der Waals surface area (Å²) in [5.74, 6) is 1.07. The van der Waals surface area contributed by atoms with Crippen LogP contribution in [0.2, 0.25) is 0 Å². The molecule has 0 aromatic rings. The number of nitrogens with zero attached hydrogens (tertiary/aromatic N) is 4. The van der Waals surface area contributed by atoms with E-state index in [-0.39, 0.29) is 35.3 Å². The molecule has 28 heavy (non-hydrogen) atoms. The average Bonchev–Trinajstić information content (AvgIpc) is 3.03. The van der Waals surface area contributed by atoms with E-state index in [0.717, 1.165) is 64.4 Å². The molecule has 0 unspecified atom stereocenters. The number of hydrogen-bond acceptors (Lipinski definition) is 4. The SMILES string of the molecule is CCNC(=NCC1(C(=O)N(C)C)CCCC1)NCCN1CCCN(C)CC1.I. The molecular weight excluding hydrogens is 467 g/mol. The van der Waals surface area contributed by atoms with Crippen LogP contribution in [0.5, 0.6) is 0 Å². The molecular formula is C20H41IN6O. The number of carbonyl (C=O) groups excluding carboxylic acids is 1. The Labute approximate surface area is 188 Å². The van der Waals surface area contributed by atoms with Gasteiger partial charge in [-0.25, -0.2) is 0 Å². The molecule has 2 aliphatic rings. The van der Waals surface area contributed by atoms with Gasteiger partial charge in [0.25, 0.3) is 0 Å². The molecule has 164 valence electrons. The molecule has 1 heterocycles. The van der Waals surface area contributed by atoms with Gasteiger partial charge in [0.05, 0.1) is 12.0 Å². The Morgan fingerprint density at radius 3 is 2.43 bits per heavy atom. The van der Waals surface area contributed by atoms with Crippen molar-refractivity contribution in [2.45, 2.75) is 39.0 Å². The van der Waals surface area contributed by atoms with Crippen LogP contribution < -0.4 is 10.6 Å². The van der Waals surface area contributed by atoms with Crippen molar-refractivity contribution in [3.8, 4) is 0 Å². The highest BCUT2D eigenvalue weighted by Gasteiger charge is 2.42. The summed E-state index contributed by atoms with van der Waals surface area (Å²) in [5.41, 5.74) is -0.304. The highest BCUT2D eigenvalue weighted by molar-refractivity contribution is 14.0. The number of guanidine groups is 1. The summed E-state index contributed by atoms with van der Waals surface area (Å²) >= 11 is 0. The number of hydrogen-bond donors (Lipinski definition) is 2. The van der Waals surface area contributed by atoms with Crippen molar-refractivity contribution >= 4 is 35.8 Å². The number of carbonyl (C=O) groups is 1. The van der Waals surface area contributed by atoms with E-state index in [4.69, 9.17) is 4.99 Å². The minimum Gasteiger partial charge on any atom is -0.357 e. The summed E-state index contributed by atoms with van der Waals surface area (Å²) in [4.78, 5) is 24.2. The van der Waals surface area contributed by atoms with Crippen LogP contribution in [0.3, 0.4) is 0 Å². The molecule has 2 N–H and O–H groups in total. The van der Waals surface area contributed by atoms with Gasteiger partial charge in [0.2, 0.25) is 5.91 Å². The fourth-order valence-corrected chi connectivity index (χ4v) is 4.19. The van der Waals surface area contributed by atoms with Crippen LogP contribution in [0.1, 0.15) is 39.0 Å². The first kappa shape index (κ1) is 25.4. The molecule has 7 nitrogen and oxygen atoms in total. The van der Waals surface area contributed by atoms with E-state index in [0.29, 0.717) is 6.54 Å². The Bertz CT molecular complexity index is 493. The van der Waals surface area contributed by atoms with Gasteiger partial charge in [0.15, 0.2) is 5.96 Å². The molecule has 8 heteroatoms. The lowest BCUT2D eigenvalue weighted by Gasteiger charge is -2.29. The smallest absolute Gasteiger partial charge is 0.230 e. The highest BCUT2D eigenvalue weighted by atomic mass is 127. The van der Waals surface area contributed by atoms with Crippen molar-refractivity contribution in [3.05, 3.63) is 0 Å². The predicted octanol–water partition coefficient (Wildman–Crippen LogP) is 1.45. The predicted molar refractivity (Wildman–Crippen MR) is 128 cm³/mol. The van der Waals surface area contributed by atoms with E-state index in [1.54, 1.807) is 4.90 Å². The zero-order valence-corrected chi connectivity index (χ0v) is 20.6. The maximum Gasteiger partial charge on any atom is 0.230 e. The second-order valence-electron chi connectivity index (χ2n) is 8.31. The maximum absolute atomic E-state index is 12.7. The molecule has 1 amide bonds. The van der Waals surface area contributed by atoms with E-state index in [1.165, 1.54) is 19.5 Å². The highest BCUT2D eigenvalue weighted by Crippen LogP contribution is 2.39. The van der Waals surface area contributed by atoms with Crippen LogP contribution in [0.15, 0.2) is 4.99 Å². The summed E-state index contributed by atoms with van der Waals surface area (Å²) in [5, 5.41) is 6.80. The fraction of sp³-hybridized carbons (Fsp3) is 0.900. The summed E-state index contributed by atoms with van der Waals surface area (Å²) in [6.07, 6.45) is 5.40. The molecule has 0 atom stereocenters. The number of amides is 1. The van der Waals surface area contributed by atoms with Gasteiger partial charge in [0.1, 0.15) is 0 Å². The molecule has 0 aromatic heterocycles. The number of likely N-dealkylation sites (N-methyl/N-ethyl adjacent to an activating group) is 1. The number of halogens is 1. The number of nitrogens with one attached hydrogen (secondary N) is 2. The van der Waals surface area contributed by atoms with Crippen molar-refractivity contribution in [1.82, 2.24) is 25.3 Å². The Morgan fingerprint density at radius 2 is 1.79 bits per heavy atom. The Kier molecular flexibility index (Phi) is 11.7. The first-order chi connectivity index (χ1) is 13.0. The number of rotatable bonds is 7. The van der Waals surface area contributed by atoms with E-state index in [9.17, 15) is 4.79 Å². The monoisotopic (exact) mass is 508 g/mol. The minimum absolute atomic E-state index is 0. The summed E-state index contributed by atoms with van der Waals surface area (Å²) in [6.45, 7) is 10.0. The van der Waals surface area contributed by atoms with Gasteiger partial charge < -0.3 is 25.3 Å². The van der Waals surface area contributed by atoms with E-state index in [1.807, 2.05) is 14.1 Å². The van der Waals surface area contributed by atoms with Crippen LogP contribution >= 0.6 is 24.0 Å². The fourth-order valence-electron chi connectivity index (χ4n) is 4.19. The summed E-state index contributed by atoms with van der Waals surface area (Å²) in [7, 11) is 5.91. The third-order valence-electron chi connectivity index (χ3n) is 5.84. The third kappa shape index (κ3) is 7.67. The lowest BCUT2D eigenvalue weighted by Crippen LogP contribution is -2.44. The van der Waals surface area contributed by atoms with Crippen molar-refractivity contribution in [3.63, 3.8) is 0 Å². The molecule has 0 aromatic carbocycles. The normalized spacial score (nSPS) is 20.9. The molecule has 0 radical (unpaired) electrons. The lowest BCUT2D eigenvalue weighted by molar-refractivity contribution is -0.138. The summed E-state index contributed by atoms with van der Waals surface area (Å²) in [6, 6.07) is 0. The van der Waals surface area contributed by atoms with Crippen LogP contribution in [0.4, 0.5) is 0 Å². The summed E-state index contributed by atoms with van der Waals surface area (Å²) < 4.78 is 0. The molecule has 2 fully saturated rings. The average molecular weight is 508 g/mol. The molecule has 1 saturated carbocycles. The van der Waals surface area contributed by atoms with Gasteiger partial charge in [-0.15, -0.1) is 24.0 Å². The van der Waals surface area contributed by atoms with Crippen LogP contribution in [0, 0.1) is 5.41 Å². The largest absolute Gasteiger partial charge is 0.357 e. The Morgan fingerprint density at radius 1 is 1.07 bits per heavy atom. The minimum atomic E-state index is -0.304. The lowest BCUT2D eigenvalue weighted by atomic mass is 9.85. The molecule has 1 aliphatic carbocycles. The third-order valence-corrected chi connectivity index (χ3v) is 5.84. The van der Waals surface area contributed by atoms with Gasteiger partial charge in [-0.1, -0.05) is 12.8 Å². The van der Waals surface area contributed by atoms with E-state index >= 15 is 0 Å². The second kappa shape index (κ2) is 12.8. The number of aliphatic imine (C=N–C) groups is 1. The first-order valence-electron chi connectivity index (χ1n) is 10.6. The molecule has 2 rings (SSSR count). The second-order valence-corrected chi connectivity index (χ2v) is 8.31. The molecule has 1 saturated heterocycles. The maximum atomic E-state index is 12.7.